The maximum atomic E-state index is 6.73. The molecule has 0 radical (unpaired) electrons. The molecule has 3 aliphatic carbocycles. The van der Waals surface area contributed by atoms with E-state index in [0.717, 1.165) is 82.7 Å². The number of para-hydroxylation sites is 3. The van der Waals surface area contributed by atoms with Crippen LogP contribution >= 0.6 is 0 Å². The summed E-state index contributed by atoms with van der Waals surface area (Å²) in [7, 11) is 0. The van der Waals surface area contributed by atoms with Crippen molar-refractivity contribution in [1.29, 1.82) is 0 Å². The predicted octanol–water partition coefficient (Wildman–Crippen LogP) is 11.5. The SMILES string of the molecule is C1=CC2C=CC(c3nc(-c4cccc5c4oc4ccccc45)nc(C4C=c5ccccc5=C(c5ccc(-c6ccccc6)c6oc7ccccc7c56)C4)n3)=CC2C=C1. The lowest BCUT2D eigenvalue weighted by Gasteiger charge is -2.24. The third kappa shape index (κ3) is 5.27. The lowest BCUT2D eigenvalue weighted by molar-refractivity contribution is 0.661. The molecule has 0 aliphatic heterocycles. The summed E-state index contributed by atoms with van der Waals surface area (Å²) in [6.45, 7) is 0. The van der Waals surface area contributed by atoms with Crippen LogP contribution in [0.1, 0.15) is 29.6 Å². The molecule has 3 aliphatic rings. The molecule has 3 heterocycles. The van der Waals surface area contributed by atoms with Crippen molar-refractivity contribution in [2.45, 2.75) is 12.3 Å². The maximum absolute atomic E-state index is 6.73. The zero-order valence-corrected chi connectivity index (χ0v) is 31.4. The van der Waals surface area contributed by atoms with E-state index < -0.39 is 0 Å². The summed E-state index contributed by atoms with van der Waals surface area (Å²) in [5.41, 5.74) is 9.83. The predicted molar refractivity (Wildman–Crippen MR) is 234 cm³/mol. The van der Waals surface area contributed by atoms with Crippen LogP contribution < -0.4 is 10.4 Å². The summed E-state index contributed by atoms with van der Waals surface area (Å²) < 4.78 is 13.3. The maximum Gasteiger partial charge on any atom is 0.167 e. The first-order valence-corrected chi connectivity index (χ1v) is 20.0. The van der Waals surface area contributed by atoms with E-state index in [1.54, 1.807) is 0 Å². The van der Waals surface area contributed by atoms with Gasteiger partial charge in [0.25, 0.3) is 0 Å². The van der Waals surface area contributed by atoms with Gasteiger partial charge >= 0.3 is 0 Å². The van der Waals surface area contributed by atoms with Gasteiger partial charge in [0.2, 0.25) is 0 Å². The Morgan fingerprint density at radius 2 is 1.21 bits per heavy atom. The van der Waals surface area contributed by atoms with Crippen LogP contribution in [0.25, 0.3) is 83.6 Å². The van der Waals surface area contributed by atoms with Gasteiger partial charge < -0.3 is 8.83 Å². The van der Waals surface area contributed by atoms with Crippen molar-refractivity contribution in [2.75, 3.05) is 0 Å². The van der Waals surface area contributed by atoms with Crippen LogP contribution in [0.4, 0.5) is 0 Å². The van der Waals surface area contributed by atoms with Crippen molar-refractivity contribution in [3.63, 3.8) is 0 Å². The second kappa shape index (κ2) is 13.1. The molecule has 9 aromatic rings. The van der Waals surface area contributed by atoms with E-state index in [1.807, 2.05) is 24.3 Å². The molecule has 0 N–H and O–H groups in total. The van der Waals surface area contributed by atoms with Gasteiger partial charge in [0, 0.05) is 50.4 Å². The summed E-state index contributed by atoms with van der Waals surface area (Å²) in [5, 5.41) is 6.70. The number of hydrogen-bond acceptors (Lipinski definition) is 5. The second-order valence-electron chi connectivity index (χ2n) is 15.4. The van der Waals surface area contributed by atoms with Crippen molar-refractivity contribution >= 4 is 61.1 Å². The smallest absolute Gasteiger partial charge is 0.167 e. The van der Waals surface area contributed by atoms with Crippen LogP contribution in [0.15, 0.2) is 185 Å². The molecule has 0 spiro atoms. The Labute approximate surface area is 334 Å². The normalized spacial score (nSPS) is 18.4. The Kier molecular flexibility index (Phi) is 7.42. The van der Waals surface area contributed by atoms with E-state index in [2.05, 4.69) is 158 Å². The van der Waals surface area contributed by atoms with E-state index in [1.165, 1.54) is 10.8 Å². The van der Waals surface area contributed by atoms with E-state index >= 15 is 0 Å². The number of rotatable bonds is 5. The van der Waals surface area contributed by atoms with Crippen molar-refractivity contribution in [3.8, 4) is 22.5 Å². The van der Waals surface area contributed by atoms with Gasteiger partial charge in [-0.05, 0) is 57.8 Å². The van der Waals surface area contributed by atoms with Crippen LogP contribution in [0.5, 0.6) is 0 Å². The summed E-state index contributed by atoms with van der Waals surface area (Å²) in [5.74, 6) is 2.42. The first-order chi connectivity index (χ1) is 28.7. The molecule has 3 aromatic heterocycles. The van der Waals surface area contributed by atoms with Gasteiger partial charge in [0.15, 0.2) is 11.6 Å². The molecule has 0 bridgehead atoms. The molecule has 0 saturated carbocycles. The van der Waals surface area contributed by atoms with Gasteiger partial charge in [-0.2, -0.15) is 0 Å². The van der Waals surface area contributed by atoms with Crippen LogP contribution in [0.2, 0.25) is 0 Å². The van der Waals surface area contributed by atoms with Crippen molar-refractivity contribution in [3.05, 3.63) is 204 Å². The minimum absolute atomic E-state index is 0.138. The quantitative estimate of drug-likeness (QED) is 0.175. The average molecular weight is 746 g/mol. The lowest BCUT2D eigenvalue weighted by atomic mass is 9.83. The fraction of sp³-hybridized carbons (Fsp3) is 0.0755. The Balaban J connectivity index is 1.06. The molecule has 0 amide bonds. The second-order valence-corrected chi connectivity index (χ2v) is 15.4. The molecule has 6 aromatic carbocycles. The van der Waals surface area contributed by atoms with Crippen molar-refractivity contribution in [1.82, 2.24) is 15.0 Å². The average Bonchev–Trinajstić information content (AvgIpc) is 3.88. The number of benzene rings is 6. The number of fused-ring (bicyclic) bond motifs is 8. The largest absolute Gasteiger partial charge is 0.455 e. The van der Waals surface area contributed by atoms with Crippen LogP contribution in [0, 0.1) is 11.8 Å². The molecule has 5 heteroatoms. The van der Waals surface area contributed by atoms with Gasteiger partial charge in [-0.1, -0.05) is 158 Å². The van der Waals surface area contributed by atoms with E-state index in [9.17, 15) is 0 Å². The van der Waals surface area contributed by atoms with Crippen LogP contribution in [0.3, 0.4) is 0 Å². The van der Waals surface area contributed by atoms with E-state index in [4.69, 9.17) is 23.8 Å². The molecule has 5 nitrogen and oxygen atoms in total. The highest BCUT2D eigenvalue weighted by atomic mass is 16.3. The highest BCUT2D eigenvalue weighted by Gasteiger charge is 2.27. The van der Waals surface area contributed by atoms with E-state index in [-0.39, 0.29) is 11.8 Å². The van der Waals surface area contributed by atoms with Gasteiger partial charge in [-0.3, -0.25) is 0 Å². The van der Waals surface area contributed by atoms with Gasteiger partial charge in [0.05, 0.1) is 5.56 Å². The van der Waals surface area contributed by atoms with Gasteiger partial charge in [-0.15, -0.1) is 0 Å². The molecule has 58 heavy (non-hydrogen) atoms. The van der Waals surface area contributed by atoms with Crippen LogP contribution in [-0.2, 0) is 0 Å². The molecule has 274 valence electrons. The Hall–Kier alpha value is -7.37. The minimum atomic E-state index is -0.138. The van der Waals surface area contributed by atoms with Crippen LogP contribution in [-0.4, -0.2) is 15.0 Å². The fourth-order valence-corrected chi connectivity index (χ4v) is 9.23. The molecule has 0 saturated heterocycles. The minimum Gasteiger partial charge on any atom is -0.455 e. The topological polar surface area (TPSA) is 65.0 Å². The summed E-state index contributed by atoms with van der Waals surface area (Å²) in [6, 6.07) is 46.5. The Bertz CT molecular complexity index is 3400. The first-order valence-electron chi connectivity index (χ1n) is 20.0. The summed E-state index contributed by atoms with van der Waals surface area (Å²) in [4.78, 5) is 15.9. The fourth-order valence-electron chi connectivity index (χ4n) is 9.23. The highest BCUT2D eigenvalue weighted by Crippen LogP contribution is 2.43. The Morgan fingerprint density at radius 1 is 0.500 bits per heavy atom. The van der Waals surface area contributed by atoms with E-state index in [0.29, 0.717) is 24.0 Å². The number of furan rings is 2. The zero-order valence-electron chi connectivity index (χ0n) is 31.4. The third-order valence-corrected chi connectivity index (χ3v) is 12.0. The monoisotopic (exact) mass is 745 g/mol. The third-order valence-electron chi connectivity index (χ3n) is 12.0. The summed E-state index contributed by atoms with van der Waals surface area (Å²) in [6.07, 6.45) is 18.5. The zero-order chi connectivity index (χ0) is 38.2. The number of aromatic nitrogens is 3. The molecular formula is C53H35N3O2. The van der Waals surface area contributed by atoms with Crippen molar-refractivity contribution < 1.29 is 8.83 Å². The molecule has 3 atom stereocenters. The van der Waals surface area contributed by atoms with Crippen molar-refractivity contribution in [2.24, 2.45) is 11.8 Å². The number of allylic oxidation sites excluding steroid dienone is 8. The molecule has 12 rings (SSSR count). The Morgan fingerprint density at radius 3 is 2.10 bits per heavy atom. The molecular weight excluding hydrogens is 711 g/mol. The molecule has 0 fully saturated rings. The van der Waals surface area contributed by atoms with Gasteiger partial charge in [-0.25, -0.2) is 15.0 Å². The number of nitrogens with zero attached hydrogens (tertiary/aromatic N) is 3. The standard InChI is InChI=1S/C53H35N3O2/c1-2-14-33(15-3-1)39-27-28-41(48-43-20-9-11-24-47(43)58-50(39)48)45-31-37(30-35-17-6-7-18-38(35)45)52-54-51(36-26-25-32-13-4-5-16-34(32)29-36)55-53(56-52)44-22-12-21-42-40-19-8-10-23-46(40)57-49(42)44/h1-30,32,34,37H,31H2. The summed E-state index contributed by atoms with van der Waals surface area (Å²) >= 11 is 0. The van der Waals surface area contributed by atoms with Gasteiger partial charge in [0.1, 0.15) is 28.2 Å². The molecule has 3 unspecified atom stereocenters. The first kappa shape index (κ1) is 32.8. The number of hydrogen-bond donors (Lipinski definition) is 0. The highest BCUT2D eigenvalue weighted by molar-refractivity contribution is 6.14. The lowest BCUT2D eigenvalue weighted by Crippen LogP contribution is -2.32.